The highest BCUT2D eigenvalue weighted by molar-refractivity contribution is 7.91. The smallest absolute Gasteiger partial charge is 0.227 e. The number of hydrogen-bond acceptors (Lipinski definition) is 9. The van der Waals surface area contributed by atoms with Crippen molar-refractivity contribution in [2.24, 2.45) is 0 Å². The molecule has 1 aliphatic rings. The number of ketones is 1. The summed E-state index contributed by atoms with van der Waals surface area (Å²) in [5.74, 6) is 0.649. The maximum absolute atomic E-state index is 13.1. The lowest BCUT2D eigenvalue weighted by Gasteiger charge is -2.36. The minimum Gasteiger partial charge on any atom is -0.495 e. The van der Waals surface area contributed by atoms with Crippen LogP contribution in [0.2, 0.25) is 5.02 Å². The highest BCUT2D eigenvalue weighted by Gasteiger charge is 2.26. The number of carbonyl (C=O) groups excluding carboxylic acids is 1. The van der Waals surface area contributed by atoms with Gasteiger partial charge in [-0.2, -0.15) is 4.98 Å². The number of sulfone groups is 1. The van der Waals surface area contributed by atoms with E-state index in [0.29, 0.717) is 43.4 Å². The summed E-state index contributed by atoms with van der Waals surface area (Å²) in [6, 6.07) is 11.7. The quantitative estimate of drug-likeness (QED) is 0.508. The summed E-state index contributed by atoms with van der Waals surface area (Å²) in [7, 11) is -2.51. The monoisotopic (exact) mass is 501 g/mol. The molecule has 0 aliphatic carbocycles. The Morgan fingerprint density at radius 1 is 1.06 bits per heavy atom. The molecule has 2 aromatic carbocycles. The van der Waals surface area contributed by atoms with Gasteiger partial charge < -0.3 is 20.3 Å². The number of benzene rings is 2. The molecule has 0 saturated carbocycles. The van der Waals surface area contributed by atoms with E-state index in [-0.39, 0.29) is 26.4 Å². The second-order valence-electron chi connectivity index (χ2n) is 7.80. The molecule has 3 aromatic rings. The third-order valence-electron chi connectivity index (χ3n) is 5.69. The van der Waals surface area contributed by atoms with Crippen molar-refractivity contribution in [1.29, 1.82) is 0 Å². The zero-order chi connectivity index (χ0) is 24.5. The van der Waals surface area contributed by atoms with Gasteiger partial charge in [-0.1, -0.05) is 11.6 Å². The van der Waals surface area contributed by atoms with Crippen LogP contribution in [0.25, 0.3) is 0 Å². The van der Waals surface area contributed by atoms with Gasteiger partial charge >= 0.3 is 0 Å². The molecular weight excluding hydrogens is 478 g/mol. The fraction of sp³-hybridized carbons (Fsp3) is 0.261. The molecule has 178 valence electrons. The first-order valence-corrected chi connectivity index (χ1v) is 12.4. The fourth-order valence-corrected chi connectivity index (χ4v) is 5.36. The van der Waals surface area contributed by atoms with Gasteiger partial charge in [-0.15, -0.1) is 0 Å². The Bertz CT molecular complexity index is 1320. The molecule has 0 amide bonds. The summed E-state index contributed by atoms with van der Waals surface area (Å²) in [5, 5.41) is 0.175. The summed E-state index contributed by atoms with van der Waals surface area (Å²) in [5.41, 5.74) is 7.76. The number of nitrogens with two attached hydrogens (primary N) is 1. The Hall–Kier alpha value is -3.37. The van der Waals surface area contributed by atoms with Gasteiger partial charge in [0.1, 0.15) is 16.5 Å². The van der Waals surface area contributed by atoms with E-state index < -0.39 is 9.84 Å². The van der Waals surface area contributed by atoms with Gasteiger partial charge in [0.25, 0.3) is 0 Å². The molecule has 4 rings (SSSR count). The first-order valence-electron chi connectivity index (χ1n) is 10.5. The van der Waals surface area contributed by atoms with Gasteiger partial charge in [0.15, 0.2) is 5.78 Å². The maximum atomic E-state index is 13.1. The molecule has 1 aliphatic heterocycles. The minimum absolute atomic E-state index is 0.0224. The topological polar surface area (TPSA) is 119 Å². The van der Waals surface area contributed by atoms with Crippen molar-refractivity contribution in [3.63, 3.8) is 0 Å². The molecule has 1 aromatic heterocycles. The molecule has 0 unspecified atom stereocenters. The third-order valence-corrected chi connectivity index (χ3v) is 7.76. The third kappa shape index (κ3) is 4.64. The van der Waals surface area contributed by atoms with Crippen molar-refractivity contribution < 1.29 is 17.9 Å². The number of rotatable bonds is 6. The van der Waals surface area contributed by atoms with Crippen molar-refractivity contribution in [2.45, 2.75) is 16.7 Å². The molecular formula is C23H24ClN5O4S. The Balaban J connectivity index is 1.48. The largest absolute Gasteiger partial charge is 0.495 e. The van der Waals surface area contributed by atoms with Crippen LogP contribution in [0.15, 0.2) is 58.5 Å². The first kappa shape index (κ1) is 23.8. The molecule has 0 spiro atoms. The van der Waals surface area contributed by atoms with Crippen LogP contribution < -0.4 is 20.3 Å². The van der Waals surface area contributed by atoms with E-state index in [9.17, 15) is 13.2 Å². The van der Waals surface area contributed by atoms with Crippen LogP contribution in [0.5, 0.6) is 5.75 Å². The number of piperazine rings is 1. The number of nitrogens with zero attached hydrogens (tertiary/aromatic N) is 4. The number of carbonyl (C=O) groups is 1. The maximum Gasteiger partial charge on any atom is 0.227 e. The first-order chi connectivity index (χ1) is 16.2. The number of aromatic nitrogens is 2. The standard InChI is InChI=1S/C23H24ClN5O4S/c1-15(30)16-3-5-17(6-4-16)28-9-11-29(12-10-28)23-26-14-21(22(25)27-23)34(31,32)18-7-8-20(33-2)19(24)13-18/h3-8,13-14H,9-12H2,1-2H3,(H2,25,26,27). The Morgan fingerprint density at radius 2 is 1.71 bits per heavy atom. The van der Waals surface area contributed by atoms with E-state index in [4.69, 9.17) is 22.1 Å². The zero-order valence-corrected chi connectivity index (χ0v) is 20.3. The summed E-state index contributed by atoms with van der Waals surface area (Å²) >= 11 is 6.09. The molecule has 2 heterocycles. The number of hydrogen-bond donors (Lipinski definition) is 1. The molecule has 11 heteroatoms. The number of ether oxygens (including phenoxy) is 1. The summed E-state index contributed by atoms with van der Waals surface area (Å²) in [6.45, 7) is 4.24. The van der Waals surface area contributed by atoms with Crippen molar-refractivity contribution in [2.75, 3.05) is 48.8 Å². The van der Waals surface area contributed by atoms with E-state index in [1.807, 2.05) is 29.2 Å². The van der Waals surface area contributed by atoms with Crippen molar-refractivity contribution in [3.05, 3.63) is 59.2 Å². The molecule has 1 saturated heterocycles. The number of anilines is 3. The van der Waals surface area contributed by atoms with E-state index in [1.54, 1.807) is 6.92 Å². The van der Waals surface area contributed by atoms with E-state index in [1.165, 1.54) is 31.5 Å². The number of Topliss-reactive ketones (excluding diaryl/α,β-unsaturated/α-hetero) is 1. The van der Waals surface area contributed by atoms with Crippen molar-refractivity contribution in [3.8, 4) is 5.75 Å². The van der Waals surface area contributed by atoms with Gasteiger partial charge in [0, 0.05) is 37.4 Å². The predicted octanol–water partition coefficient (Wildman–Crippen LogP) is 3.08. The van der Waals surface area contributed by atoms with E-state index in [0.717, 1.165) is 5.69 Å². The fourth-order valence-electron chi connectivity index (χ4n) is 3.75. The molecule has 2 N–H and O–H groups in total. The molecule has 0 radical (unpaired) electrons. The summed E-state index contributed by atoms with van der Waals surface area (Å²) in [6.07, 6.45) is 1.23. The van der Waals surface area contributed by atoms with Crippen LogP contribution in [-0.2, 0) is 9.84 Å². The van der Waals surface area contributed by atoms with Gasteiger partial charge in [-0.3, -0.25) is 4.79 Å². The molecule has 34 heavy (non-hydrogen) atoms. The Morgan fingerprint density at radius 3 is 2.26 bits per heavy atom. The second-order valence-corrected chi connectivity index (χ2v) is 10.1. The van der Waals surface area contributed by atoms with Crippen LogP contribution in [-0.4, -0.2) is 57.5 Å². The van der Waals surface area contributed by atoms with Crippen molar-refractivity contribution in [1.82, 2.24) is 9.97 Å². The summed E-state index contributed by atoms with van der Waals surface area (Å²) in [4.78, 5) is 24.0. The van der Waals surface area contributed by atoms with Crippen molar-refractivity contribution >= 4 is 44.7 Å². The number of methoxy groups -OCH3 is 1. The molecule has 0 bridgehead atoms. The Kier molecular flexibility index (Phi) is 6.63. The van der Waals surface area contributed by atoms with Crippen LogP contribution in [0.1, 0.15) is 17.3 Å². The van der Waals surface area contributed by atoms with E-state index >= 15 is 0 Å². The average molecular weight is 502 g/mol. The lowest BCUT2D eigenvalue weighted by Crippen LogP contribution is -2.47. The van der Waals surface area contributed by atoms with Gasteiger partial charge in [0.2, 0.25) is 15.8 Å². The SMILES string of the molecule is COc1ccc(S(=O)(=O)c2cnc(N3CCN(c4ccc(C(C)=O)cc4)CC3)nc2N)cc1Cl. The number of nitrogen functional groups attached to an aromatic ring is 1. The van der Waals surface area contributed by atoms with E-state index in [2.05, 4.69) is 14.9 Å². The van der Waals surface area contributed by atoms with Gasteiger partial charge in [0.05, 0.1) is 23.2 Å². The molecule has 1 fully saturated rings. The van der Waals surface area contributed by atoms with Gasteiger partial charge in [-0.25, -0.2) is 13.4 Å². The lowest BCUT2D eigenvalue weighted by atomic mass is 10.1. The second kappa shape index (κ2) is 9.47. The predicted molar refractivity (Wildman–Crippen MR) is 131 cm³/mol. The van der Waals surface area contributed by atoms with Gasteiger partial charge in [-0.05, 0) is 49.4 Å². The van der Waals surface area contributed by atoms with Crippen LogP contribution >= 0.6 is 11.6 Å². The minimum atomic E-state index is -3.96. The summed E-state index contributed by atoms with van der Waals surface area (Å²) < 4.78 is 31.2. The normalized spacial score (nSPS) is 14.2. The molecule has 0 atom stereocenters. The zero-order valence-electron chi connectivity index (χ0n) is 18.7. The highest BCUT2D eigenvalue weighted by Crippen LogP contribution is 2.31. The Labute approximate surface area is 203 Å². The van der Waals surface area contributed by atoms with Crippen LogP contribution in [0.4, 0.5) is 17.5 Å². The van der Waals surface area contributed by atoms with Crippen LogP contribution in [0.3, 0.4) is 0 Å². The van der Waals surface area contributed by atoms with Crippen LogP contribution in [0, 0.1) is 0 Å². The molecule has 9 nitrogen and oxygen atoms in total. The number of halogens is 1. The lowest BCUT2D eigenvalue weighted by molar-refractivity contribution is 0.101. The highest BCUT2D eigenvalue weighted by atomic mass is 35.5. The average Bonchev–Trinajstić information content (AvgIpc) is 2.84.